The Hall–Kier alpha value is -1.66. The van der Waals surface area contributed by atoms with Gasteiger partial charge in [0.25, 0.3) is 0 Å². The normalized spacial score (nSPS) is 22.6. The van der Waals surface area contributed by atoms with Crippen LogP contribution in [0.1, 0.15) is 13.3 Å². The molecule has 1 aromatic heterocycles. The average molecular weight is 306 g/mol. The lowest BCUT2D eigenvalue weighted by Gasteiger charge is -2.50. The first kappa shape index (κ1) is 15.2. The Kier molecular flexibility index (Phi) is 4.59. The zero-order valence-electron chi connectivity index (χ0n) is 12.9. The van der Waals surface area contributed by atoms with Crippen LogP contribution in [0.25, 0.3) is 0 Å². The van der Waals surface area contributed by atoms with Crippen LogP contribution in [-0.2, 0) is 14.3 Å². The molecule has 0 bridgehead atoms. The third-order valence-corrected chi connectivity index (χ3v) is 4.37. The molecule has 0 saturated carbocycles. The maximum atomic E-state index is 11.9. The number of carbonyl (C=O) groups is 1. The van der Waals surface area contributed by atoms with Crippen molar-refractivity contribution in [2.24, 2.45) is 5.92 Å². The summed E-state index contributed by atoms with van der Waals surface area (Å²) in [5.41, 5.74) is -0.239. The number of likely N-dealkylation sites (tertiary alicyclic amines) is 1. The molecule has 1 aromatic rings. The molecule has 3 heterocycles. The van der Waals surface area contributed by atoms with Gasteiger partial charge < -0.3 is 19.1 Å². The molecular formula is C16H22N2O4. The molecular weight excluding hydrogens is 284 g/mol. The topological polar surface area (TPSA) is 60.9 Å². The lowest BCUT2D eigenvalue weighted by Crippen LogP contribution is -2.67. The van der Waals surface area contributed by atoms with Gasteiger partial charge in [0.1, 0.15) is 12.2 Å². The number of ether oxygens (including phenoxy) is 3. The van der Waals surface area contributed by atoms with Gasteiger partial charge in [-0.1, -0.05) is 6.07 Å². The predicted octanol–water partition coefficient (Wildman–Crippen LogP) is 1.11. The minimum atomic E-state index is -0.239. The maximum Gasteiger partial charge on any atom is 0.248 e. The molecule has 2 fully saturated rings. The van der Waals surface area contributed by atoms with E-state index in [1.54, 1.807) is 11.1 Å². The lowest BCUT2D eigenvalue weighted by atomic mass is 9.81. The second kappa shape index (κ2) is 6.62. The summed E-state index contributed by atoms with van der Waals surface area (Å²) in [4.78, 5) is 17.9. The monoisotopic (exact) mass is 306 g/mol. The van der Waals surface area contributed by atoms with E-state index < -0.39 is 0 Å². The minimum absolute atomic E-state index is 0.0346. The molecule has 6 heteroatoms. The third-order valence-electron chi connectivity index (χ3n) is 4.37. The van der Waals surface area contributed by atoms with Crippen molar-refractivity contribution in [3.05, 3.63) is 24.4 Å². The Labute approximate surface area is 130 Å². The van der Waals surface area contributed by atoms with Gasteiger partial charge in [0.05, 0.1) is 19.7 Å². The largest absolute Gasteiger partial charge is 0.477 e. The van der Waals surface area contributed by atoms with Gasteiger partial charge in [-0.15, -0.1) is 0 Å². The molecule has 2 saturated heterocycles. The zero-order chi connectivity index (χ0) is 15.4. The summed E-state index contributed by atoms with van der Waals surface area (Å²) < 4.78 is 16.9. The van der Waals surface area contributed by atoms with Gasteiger partial charge >= 0.3 is 0 Å². The van der Waals surface area contributed by atoms with Crippen LogP contribution in [0.5, 0.6) is 5.88 Å². The van der Waals surface area contributed by atoms with Gasteiger partial charge in [-0.3, -0.25) is 4.79 Å². The fraction of sp³-hybridized carbons (Fsp3) is 0.625. The SMILES string of the molecule is CCOCC(=O)N1CC2(C1)OCC[C@H]2COc1ccccn1. The zero-order valence-corrected chi connectivity index (χ0v) is 12.9. The van der Waals surface area contributed by atoms with E-state index in [9.17, 15) is 4.79 Å². The first-order valence-corrected chi connectivity index (χ1v) is 7.77. The van der Waals surface area contributed by atoms with Gasteiger partial charge in [0.15, 0.2) is 0 Å². The number of hydrogen-bond acceptors (Lipinski definition) is 5. The van der Waals surface area contributed by atoms with E-state index in [0.29, 0.717) is 38.1 Å². The summed E-state index contributed by atoms with van der Waals surface area (Å²) >= 11 is 0. The molecule has 120 valence electrons. The van der Waals surface area contributed by atoms with Crippen LogP contribution in [0.2, 0.25) is 0 Å². The minimum Gasteiger partial charge on any atom is -0.477 e. The van der Waals surface area contributed by atoms with Crippen molar-refractivity contribution in [3.8, 4) is 5.88 Å². The van der Waals surface area contributed by atoms with Crippen LogP contribution in [0.4, 0.5) is 0 Å². The molecule has 1 spiro atoms. The predicted molar refractivity (Wildman–Crippen MR) is 79.6 cm³/mol. The van der Waals surface area contributed by atoms with Gasteiger partial charge in [-0.25, -0.2) is 4.98 Å². The summed E-state index contributed by atoms with van der Waals surface area (Å²) in [5.74, 6) is 0.964. The van der Waals surface area contributed by atoms with E-state index in [0.717, 1.165) is 13.0 Å². The summed E-state index contributed by atoms with van der Waals surface area (Å²) in [6.07, 6.45) is 2.67. The molecule has 0 radical (unpaired) electrons. The molecule has 2 aliphatic heterocycles. The standard InChI is InChI=1S/C16H22N2O4/c1-2-20-10-15(19)18-11-16(12-18)13(6-8-22-16)9-21-14-5-3-4-7-17-14/h3-5,7,13H,2,6,8-12H2,1H3/t13-/m0/s1. The highest BCUT2D eigenvalue weighted by atomic mass is 16.5. The Bertz CT molecular complexity index is 502. The Morgan fingerprint density at radius 1 is 1.50 bits per heavy atom. The van der Waals surface area contributed by atoms with Crippen LogP contribution in [0.15, 0.2) is 24.4 Å². The van der Waals surface area contributed by atoms with Gasteiger partial charge in [-0.05, 0) is 19.4 Å². The Morgan fingerprint density at radius 3 is 3.09 bits per heavy atom. The number of carbonyl (C=O) groups excluding carboxylic acids is 1. The second-order valence-electron chi connectivity index (χ2n) is 5.76. The molecule has 0 aliphatic carbocycles. The van der Waals surface area contributed by atoms with Crippen LogP contribution in [-0.4, -0.2) is 60.9 Å². The molecule has 0 aromatic carbocycles. The first-order chi connectivity index (χ1) is 10.7. The Balaban J connectivity index is 1.51. The number of nitrogens with zero attached hydrogens (tertiary/aromatic N) is 2. The van der Waals surface area contributed by atoms with E-state index in [1.807, 2.05) is 25.1 Å². The number of pyridine rings is 1. The Morgan fingerprint density at radius 2 is 2.36 bits per heavy atom. The smallest absolute Gasteiger partial charge is 0.248 e. The van der Waals surface area contributed by atoms with E-state index in [-0.39, 0.29) is 18.1 Å². The van der Waals surface area contributed by atoms with Crippen molar-refractivity contribution in [2.75, 3.05) is 39.5 Å². The highest BCUT2D eigenvalue weighted by molar-refractivity contribution is 5.78. The van der Waals surface area contributed by atoms with Crippen LogP contribution in [0, 0.1) is 5.92 Å². The van der Waals surface area contributed by atoms with Crippen molar-refractivity contribution in [2.45, 2.75) is 18.9 Å². The van der Waals surface area contributed by atoms with Crippen molar-refractivity contribution >= 4 is 5.91 Å². The summed E-state index contributed by atoms with van der Waals surface area (Å²) in [6, 6.07) is 5.61. The number of aromatic nitrogens is 1. The van der Waals surface area contributed by atoms with Gasteiger partial charge in [0, 0.05) is 31.4 Å². The van der Waals surface area contributed by atoms with E-state index in [4.69, 9.17) is 14.2 Å². The van der Waals surface area contributed by atoms with Gasteiger partial charge in [0.2, 0.25) is 11.8 Å². The van der Waals surface area contributed by atoms with Crippen molar-refractivity contribution in [3.63, 3.8) is 0 Å². The third kappa shape index (κ3) is 3.08. The number of rotatable bonds is 6. The molecule has 6 nitrogen and oxygen atoms in total. The van der Waals surface area contributed by atoms with Crippen molar-refractivity contribution in [1.29, 1.82) is 0 Å². The number of amides is 1. The molecule has 0 unspecified atom stereocenters. The van der Waals surface area contributed by atoms with Crippen LogP contribution >= 0.6 is 0 Å². The molecule has 0 N–H and O–H groups in total. The highest BCUT2D eigenvalue weighted by Crippen LogP contribution is 2.40. The summed E-state index contributed by atoms with van der Waals surface area (Å²) in [5, 5.41) is 0. The van der Waals surface area contributed by atoms with E-state index in [1.165, 1.54) is 0 Å². The fourth-order valence-corrected chi connectivity index (χ4v) is 3.05. The molecule has 2 aliphatic rings. The lowest BCUT2D eigenvalue weighted by molar-refractivity contribution is -0.170. The van der Waals surface area contributed by atoms with Crippen LogP contribution in [0.3, 0.4) is 0 Å². The van der Waals surface area contributed by atoms with E-state index >= 15 is 0 Å². The maximum absolute atomic E-state index is 11.9. The van der Waals surface area contributed by atoms with Crippen molar-refractivity contribution < 1.29 is 19.0 Å². The number of hydrogen-bond donors (Lipinski definition) is 0. The van der Waals surface area contributed by atoms with Gasteiger partial charge in [-0.2, -0.15) is 0 Å². The first-order valence-electron chi connectivity index (χ1n) is 7.77. The summed E-state index contributed by atoms with van der Waals surface area (Å²) in [7, 11) is 0. The molecule has 1 amide bonds. The quantitative estimate of drug-likeness (QED) is 0.788. The summed E-state index contributed by atoms with van der Waals surface area (Å²) in [6.45, 7) is 5.16. The van der Waals surface area contributed by atoms with Crippen LogP contribution < -0.4 is 4.74 Å². The van der Waals surface area contributed by atoms with E-state index in [2.05, 4.69) is 4.98 Å². The molecule has 3 rings (SSSR count). The fourth-order valence-electron chi connectivity index (χ4n) is 3.05. The molecule has 1 atom stereocenters. The van der Waals surface area contributed by atoms with Crippen molar-refractivity contribution in [1.82, 2.24) is 9.88 Å². The second-order valence-corrected chi connectivity index (χ2v) is 5.76. The molecule has 22 heavy (non-hydrogen) atoms. The average Bonchev–Trinajstić information content (AvgIpc) is 2.94. The highest BCUT2D eigenvalue weighted by Gasteiger charge is 2.54.